The first kappa shape index (κ1) is 22.3. The van der Waals surface area contributed by atoms with Crippen molar-refractivity contribution >= 4 is 45.6 Å². The van der Waals surface area contributed by atoms with Crippen LogP contribution in [-0.2, 0) is 9.59 Å². The van der Waals surface area contributed by atoms with Gasteiger partial charge in [0.05, 0.1) is 6.21 Å². The van der Waals surface area contributed by atoms with E-state index in [1.54, 1.807) is 42.5 Å². The van der Waals surface area contributed by atoms with Gasteiger partial charge in [0.2, 0.25) is 5.91 Å². The molecule has 7 nitrogen and oxygen atoms in total. The van der Waals surface area contributed by atoms with E-state index in [9.17, 15) is 14.4 Å². The maximum atomic E-state index is 12.3. The Labute approximate surface area is 177 Å². The Morgan fingerprint density at radius 2 is 1.72 bits per heavy atom. The van der Waals surface area contributed by atoms with Gasteiger partial charge >= 0.3 is 5.97 Å². The number of carbonyl (C=O) groups is 3. The summed E-state index contributed by atoms with van der Waals surface area (Å²) in [4.78, 5) is 35.4. The minimum absolute atomic E-state index is 0.114. The van der Waals surface area contributed by atoms with Gasteiger partial charge < -0.3 is 10.1 Å². The summed E-state index contributed by atoms with van der Waals surface area (Å²) in [5.41, 5.74) is 3.41. The van der Waals surface area contributed by atoms with Crippen LogP contribution in [0.5, 0.6) is 5.75 Å². The lowest BCUT2D eigenvalue weighted by Gasteiger charge is -2.17. The molecule has 2 amide bonds. The molecule has 8 heteroatoms. The highest BCUT2D eigenvalue weighted by atomic mass is 79.9. The van der Waals surface area contributed by atoms with Crippen LogP contribution in [0.2, 0.25) is 0 Å². The van der Waals surface area contributed by atoms with E-state index in [0.717, 1.165) is 4.47 Å². The number of nitrogens with one attached hydrogen (secondary N) is 2. The molecule has 0 aliphatic carbocycles. The van der Waals surface area contributed by atoms with Gasteiger partial charge in [-0.15, -0.1) is 0 Å². The summed E-state index contributed by atoms with van der Waals surface area (Å²) in [6, 6.07) is 11.5. The smallest absolute Gasteiger partial charge is 0.308 e. The summed E-state index contributed by atoms with van der Waals surface area (Å²) < 4.78 is 5.89. The van der Waals surface area contributed by atoms with E-state index in [2.05, 4.69) is 31.8 Å². The van der Waals surface area contributed by atoms with Gasteiger partial charge in [0.15, 0.2) is 0 Å². The zero-order chi connectivity index (χ0) is 21.6. The van der Waals surface area contributed by atoms with Gasteiger partial charge in [-0.1, -0.05) is 36.7 Å². The molecule has 0 spiro atoms. The first-order valence-electron chi connectivity index (χ1n) is 8.79. The maximum Gasteiger partial charge on any atom is 0.308 e. The maximum absolute atomic E-state index is 12.3. The van der Waals surface area contributed by atoms with Crippen molar-refractivity contribution in [1.82, 2.24) is 5.43 Å². The number of rotatable bonds is 5. The van der Waals surface area contributed by atoms with Gasteiger partial charge in [0.25, 0.3) is 5.91 Å². The van der Waals surface area contributed by atoms with Gasteiger partial charge in [0.1, 0.15) is 5.75 Å². The molecule has 0 aromatic heterocycles. The molecular weight excluding hydrogens is 438 g/mol. The molecule has 0 radical (unpaired) electrons. The second-order valence-electron chi connectivity index (χ2n) is 7.26. The molecule has 0 saturated heterocycles. The fraction of sp³-hybridized carbons (Fsp3) is 0.238. The molecular formula is C21H22BrN3O4. The van der Waals surface area contributed by atoms with Crippen LogP contribution in [0.3, 0.4) is 0 Å². The van der Waals surface area contributed by atoms with Gasteiger partial charge in [-0.2, -0.15) is 5.10 Å². The molecule has 0 bridgehead atoms. The van der Waals surface area contributed by atoms with Crippen LogP contribution in [0.15, 0.2) is 52.0 Å². The van der Waals surface area contributed by atoms with E-state index in [1.165, 1.54) is 13.1 Å². The van der Waals surface area contributed by atoms with E-state index in [1.807, 2.05) is 20.8 Å². The molecule has 29 heavy (non-hydrogen) atoms. The minimum Gasteiger partial charge on any atom is -0.426 e. The summed E-state index contributed by atoms with van der Waals surface area (Å²) in [7, 11) is 0. The number of esters is 1. The summed E-state index contributed by atoms with van der Waals surface area (Å²) in [6.07, 6.45) is 1.39. The van der Waals surface area contributed by atoms with E-state index in [-0.39, 0.29) is 5.91 Å². The molecule has 0 aliphatic heterocycles. The lowest BCUT2D eigenvalue weighted by molar-refractivity contribution is -0.131. The van der Waals surface area contributed by atoms with Crippen LogP contribution >= 0.6 is 15.9 Å². The molecule has 2 aromatic rings. The number of benzene rings is 2. The molecule has 152 valence electrons. The van der Waals surface area contributed by atoms with Crippen molar-refractivity contribution < 1.29 is 19.1 Å². The lowest BCUT2D eigenvalue weighted by atomic mass is 9.95. The van der Waals surface area contributed by atoms with Crippen LogP contribution < -0.4 is 15.5 Å². The number of hydrogen-bond acceptors (Lipinski definition) is 5. The third-order valence-electron chi connectivity index (χ3n) is 3.68. The first-order chi connectivity index (χ1) is 13.6. The van der Waals surface area contributed by atoms with Crippen molar-refractivity contribution in [2.24, 2.45) is 10.5 Å². The van der Waals surface area contributed by atoms with Crippen molar-refractivity contribution in [3.63, 3.8) is 0 Å². The molecule has 0 heterocycles. The Morgan fingerprint density at radius 3 is 2.31 bits per heavy atom. The van der Waals surface area contributed by atoms with Gasteiger partial charge in [-0.05, 0) is 42.5 Å². The predicted octanol–water partition coefficient (Wildman–Crippen LogP) is 4.12. The molecule has 0 saturated carbocycles. The third kappa shape index (κ3) is 6.83. The van der Waals surface area contributed by atoms with E-state index >= 15 is 0 Å². The highest BCUT2D eigenvalue weighted by Crippen LogP contribution is 2.22. The van der Waals surface area contributed by atoms with Crippen molar-refractivity contribution in [2.45, 2.75) is 27.7 Å². The van der Waals surface area contributed by atoms with Crippen LogP contribution in [0.1, 0.15) is 43.6 Å². The normalized spacial score (nSPS) is 11.2. The predicted molar refractivity (Wildman–Crippen MR) is 115 cm³/mol. The third-order valence-corrected chi connectivity index (χ3v) is 4.17. The van der Waals surface area contributed by atoms with Crippen LogP contribution in [0.25, 0.3) is 0 Å². The largest absolute Gasteiger partial charge is 0.426 e. The molecule has 2 aromatic carbocycles. The molecule has 0 unspecified atom stereocenters. The molecule has 0 fully saturated rings. The van der Waals surface area contributed by atoms with Crippen molar-refractivity contribution in [3.05, 3.63) is 58.1 Å². The van der Waals surface area contributed by atoms with E-state index < -0.39 is 17.3 Å². The topological polar surface area (TPSA) is 96.9 Å². The molecule has 2 rings (SSSR count). The first-order valence-corrected chi connectivity index (χ1v) is 9.58. The lowest BCUT2D eigenvalue weighted by Crippen LogP contribution is -2.27. The number of carbonyl (C=O) groups excluding carboxylic acids is 3. The van der Waals surface area contributed by atoms with Crippen molar-refractivity contribution in [2.75, 3.05) is 5.32 Å². The van der Waals surface area contributed by atoms with Gasteiger partial charge in [-0.3, -0.25) is 14.4 Å². The monoisotopic (exact) mass is 459 g/mol. The highest BCUT2D eigenvalue weighted by molar-refractivity contribution is 9.10. The standard InChI is InChI=1S/C21H22BrN3O4/c1-13(26)29-18-10-7-16(22)11-15(18)12-23-25-19(27)14-5-8-17(9-6-14)24-20(28)21(2,3)4/h5-12H,1-4H3,(H,24,28)(H,25,27). The van der Waals surface area contributed by atoms with E-state index in [4.69, 9.17) is 4.74 Å². The average molecular weight is 460 g/mol. The number of nitrogens with zero attached hydrogens (tertiary/aromatic N) is 1. The van der Waals surface area contributed by atoms with Gasteiger partial charge in [-0.25, -0.2) is 5.43 Å². The summed E-state index contributed by atoms with van der Waals surface area (Å²) in [5, 5.41) is 6.72. The Morgan fingerprint density at radius 1 is 1.07 bits per heavy atom. The molecule has 0 atom stereocenters. The van der Waals surface area contributed by atoms with Crippen LogP contribution in [0.4, 0.5) is 5.69 Å². The Bertz CT molecular complexity index is 947. The number of halogens is 1. The number of anilines is 1. The zero-order valence-corrected chi connectivity index (χ0v) is 18.2. The van der Waals surface area contributed by atoms with E-state index in [0.29, 0.717) is 22.6 Å². The fourth-order valence-corrected chi connectivity index (χ4v) is 2.50. The Balaban J connectivity index is 2.03. The zero-order valence-electron chi connectivity index (χ0n) is 16.6. The molecule has 2 N–H and O–H groups in total. The fourth-order valence-electron chi connectivity index (χ4n) is 2.12. The number of hydrogen-bond donors (Lipinski definition) is 2. The second-order valence-corrected chi connectivity index (χ2v) is 8.17. The number of ether oxygens (including phenoxy) is 1. The Kier molecular flexibility index (Phi) is 7.28. The van der Waals surface area contributed by atoms with Crippen LogP contribution in [-0.4, -0.2) is 24.0 Å². The average Bonchev–Trinajstić information content (AvgIpc) is 2.63. The van der Waals surface area contributed by atoms with Crippen molar-refractivity contribution in [1.29, 1.82) is 0 Å². The number of amides is 2. The van der Waals surface area contributed by atoms with Crippen molar-refractivity contribution in [3.8, 4) is 5.75 Å². The summed E-state index contributed by atoms with van der Waals surface area (Å²) >= 11 is 3.34. The SMILES string of the molecule is CC(=O)Oc1ccc(Br)cc1C=NNC(=O)c1ccc(NC(=O)C(C)(C)C)cc1. The van der Waals surface area contributed by atoms with Crippen LogP contribution in [0, 0.1) is 5.41 Å². The highest BCUT2D eigenvalue weighted by Gasteiger charge is 2.21. The Hall–Kier alpha value is -3.00. The summed E-state index contributed by atoms with van der Waals surface area (Å²) in [5.74, 6) is -0.654. The number of hydrazone groups is 1. The molecule has 0 aliphatic rings. The minimum atomic E-state index is -0.512. The van der Waals surface area contributed by atoms with Gasteiger partial charge in [0, 0.05) is 33.6 Å². The quantitative estimate of drug-likeness (QED) is 0.304. The second kappa shape index (κ2) is 9.47. The summed E-state index contributed by atoms with van der Waals surface area (Å²) in [6.45, 7) is 6.76.